The lowest BCUT2D eigenvalue weighted by Gasteiger charge is -2.16. The Morgan fingerprint density at radius 1 is 1.47 bits per heavy atom. The molecule has 0 aliphatic heterocycles. The van der Waals surface area contributed by atoms with Gasteiger partial charge in [0.15, 0.2) is 0 Å². The van der Waals surface area contributed by atoms with Crippen LogP contribution in [0.1, 0.15) is 24.2 Å². The number of aromatic nitrogens is 2. The Morgan fingerprint density at radius 3 is 2.88 bits per heavy atom. The van der Waals surface area contributed by atoms with Gasteiger partial charge in [0, 0.05) is 15.7 Å². The van der Waals surface area contributed by atoms with Crippen molar-refractivity contribution in [2.24, 2.45) is 0 Å². The number of hydrogen-bond donors (Lipinski definition) is 2. The molecule has 0 bridgehead atoms. The monoisotopic (exact) mass is 313 g/mol. The van der Waals surface area contributed by atoms with Gasteiger partial charge in [0.1, 0.15) is 0 Å². The summed E-state index contributed by atoms with van der Waals surface area (Å²) in [5.74, 6) is 0. The van der Waals surface area contributed by atoms with Crippen LogP contribution in [0, 0.1) is 6.92 Å². The third-order valence-corrected chi connectivity index (χ3v) is 3.67. The molecule has 0 amide bonds. The summed E-state index contributed by atoms with van der Waals surface area (Å²) in [7, 11) is 0. The summed E-state index contributed by atoms with van der Waals surface area (Å²) in [6, 6.07) is 6.02. The van der Waals surface area contributed by atoms with Crippen molar-refractivity contribution in [1.29, 1.82) is 0 Å². The van der Waals surface area contributed by atoms with Crippen molar-refractivity contribution in [3.63, 3.8) is 0 Å². The van der Waals surface area contributed by atoms with Gasteiger partial charge >= 0.3 is 0 Å². The van der Waals surface area contributed by atoms with Crippen molar-refractivity contribution in [3.8, 4) is 0 Å². The van der Waals surface area contributed by atoms with E-state index in [4.69, 9.17) is 11.6 Å². The highest BCUT2D eigenvalue weighted by Crippen LogP contribution is 2.31. The zero-order valence-electron chi connectivity index (χ0n) is 9.59. The van der Waals surface area contributed by atoms with E-state index in [-0.39, 0.29) is 6.04 Å². The van der Waals surface area contributed by atoms with Gasteiger partial charge in [0.05, 0.1) is 17.4 Å². The second-order valence-electron chi connectivity index (χ2n) is 3.96. The first-order valence-corrected chi connectivity index (χ1v) is 6.46. The summed E-state index contributed by atoms with van der Waals surface area (Å²) >= 11 is 9.64. The highest BCUT2D eigenvalue weighted by molar-refractivity contribution is 9.10. The van der Waals surface area contributed by atoms with E-state index < -0.39 is 0 Å². The molecule has 1 unspecified atom stereocenters. The van der Waals surface area contributed by atoms with Gasteiger partial charge in [-0.2, -0.15) is 5.10 Å². The Kier molecular flexibility index (Phi) is 3.74. The molecule has 0 saturated heterocycles. The number of halogens is 2. The fourth-order valence-electron chi connectivity index (χ4n) is 1.58. The van der Waals surface area contributed by atoms with Crippen LogP contribution >= 0.6 is 27.5 Å². The van der Waals surface area contributed by atoms with Gasteiger partial charge in [-0.15, -0.1) is 0 Å². The molecule has 0 radical (unpaired) electrons. The molecule has 1 atom stereocenters. The lowest BCUT2D eigenvalue weighted by molar-refractivity contribution is 0.825. The number of rotatable bonds is 3. The molecule has 90 valence electrons. The fraction of sp³-hybridized carbons (Fsp3) is 0.250. The molecule has 0 spiro atoms. The maximum atomic E-state index is 6.11. The minimum Gasteiger partial charge on any atom is -0.376 e. The minimum atomic E-state index is 0.146. The molecule has 0 saturated carbocycles. The van der Waals surface area contributed by atoms with Crippen LogP contribution in [0.2, 0.25) is 5.02 Å². The van der Waals surface area contributed by atoms with Gasteiger partial charge in [0.2, 0.25) is 0 Å². The van der Waals surface area contributed by atoms with Crippen molar-refractivity contribution in [3.05, 3.63) is 45.1 Å². The van der Waals surface area contributed by atoms with Crippen molar-refractivity contribution in [2.75, 3.05) is 5.32 Å². The zero-order chi connectivity index (χ0) is 12.4. The molecule has 2 rings (SSSR count). The first kappa shape index (κ1) is 12.5. The predicted octanol–water partition coefficient (Wildman–Crippen LogP) is 4.31. The number of anilines is 1. The number of nitrogens with zero attached hydrogens (tertiary/aromatic N) is 1. The smallest absolute Gasteiger partial charge is 0.0651 e. The van der Waals surface area contributed by atoms with E-state index in [0.29, 0.717) is 0 Å². The third-order valence-electron chi connectivity index (χ3n) is 2.61. The Morgan fingerprint density at radius 2 is 2.24 bits per heavy atom. The predicted molar refractivity (Wildman–Crippen MR) is 74.5 cm³/mol. The molecule has 5 heteroatoms. The number of H-pyrrole nitrogens is 1. The maximum absolute atomic E-state index is 6.11. The van der Waals surface area contributed by atoms with Crippen LogP contribution in [0.25, 0.3) is 0 Å². The van der Waals surface area contributed by atoms with Crippen LogP contribution in [-0.4, -0.2) is 10.2 Å². The topological polar surface area (TPSA) is 40.7 Å². The largest absolute Gasteiger partial charge is 0.376 e. The molecule has 3 nitrogen and oxygen atoms in total. The first-order chi connectivity index (χ1) is 8.08. The summed E-state index contributed by atoms with van der Waals surface area (Å²) in [5.41, 5.74) is 3.06. The van der Waals surface area contributed by atoms with Gasteiger partial charge in [-0.25, -0.2) is 0 Å². The SMILES string of the molecule is Cc1cc(Br)c(NC(C)c2ccn[nH]2)cc1Cl. The Bertz CT molecular complexity index is 511. The molecule has 2 aromatic rings. The molecule has 1 aromatic heterocycles. The van der Waals surface area contributed by atoms with E-state index >= 15 is 0 Å². The second kappa shape index (κ2) is 5.10. The molecule has 2 N–H and O–H groups in total. The molecule has 0 aliphatic carbocycles. The molecule has 0 fully saturated rings. The standard InChI is InChI=1S/C12H13BrClN3/c1-7-5-9(13)12(6-10(7)14)16-8(2)11-3-4-15-17-11/h3-6,8,16H,1-2H3,(H,15,17). The number of aromatic amines is 1. The number of hydrogen-bond acceptors (Lipinski definition) is 2. The lowest BCUT2D eigenvalue weighted by Crippen LogP contribution is -2.07. The lowest BCUT2D eigenvalue weighted by atomic mass is 10.2. The van der Waals surface area contributed by atoms with E-state index in [1.165, 1.54) is 0 Å². The van der Waals surface area contributed by atoms with E-state index in [1.807, 2.05) is 25.1 Å². The highest BCUT2D eigenvalue weighted by atomic mass is 79.9. The Labute approximate surface area is 114 Å². The average Bonchev–Trinajstić information content (AvgIpc) is 2.79. The van der Waals surface area contributed by atoms with Gasteiger partial charge in [-0.1, -0.05) is 11.6 Å². The van der Waals surface area contributed by atoms with Crippen LogP contribution in [0.3, 0.4) is 0 Å². The molecule has 1 heterocycles. The first-order valence-electron chi connectivity index (χ1n) is 5.29. The molecule has 17 heavy (non-hydrogen) atoms. The molecule has 1 aromatic carbocycles. The van der Waals surface area contributed by atoms with Crippen LogP contribution < -0.4 is 5.32 Å². The number of nitrogens with one attached hydrogen (secondary N) is 2. The highest BCUT2D eigenvalue weighted by Gasteiger charge is 2.10. The van der Waals surface area contributed by atoms with Gasteiger partial charge in [0.25, 0.3) is 0 Å². The molecular weight excluding hydrogens is 302 g/mol. The fourth-order valence-corrected chi connectivity index (χ4v) is 2.31. The third kappa shape index (κ3) is 2.82. The average molecular weight is 315 g/mol. The maximum Gasteiger partial charge on any atom is 0.0651 e. The summed E-state index contributed by atoms with van der Waals surface area (Å²) in [4.78, 5) is 0. The zero-order valence-corrected chi connectivity index (χ0v) is 11.9. The van der Waals surface area contributed by atoms with Gasteiger partial charge in [-0.05, 0) is 53.5 Å². The van der Waals surface area contributed by atoms with Crippen LogP contribution in [-0.2, 0) is 0 Å². The van der Waals surface area contributed by atoms with E-state index in [1.54, 1.807) is 6.20 Å². The summed E-state index contributed by atoms with van der Waals surface area (Å²) < 4.78 is 1.01. The molecule has 0 aliphatic rings. The van der Waals surface area contributed by atoms with E-state index in [0.717, 1.165) is 26.4 Å². The van der Waals surface area contributed by atoms with Crippen LogP contribution in [0.15, 0.2) is 28.9 Å². The summed E-state index contributed by atoms with van der Waals surface area (Å²) in [6.07, 6.45) is 1.74. The Balaban J connectivity index is 2.22. The number of aryl methyl sites for hydroxylation is 1. The summed E-state index contributed by atoms with van der Waals surface area (Å²) in [5, 5.41) is 11.0. The van der Waals surface area contributed by atoms with Gasteiger partial charge < -0.3 is 5.32 Å². The van der Waals surface area contributed by atoms with E-state index in [2.05, 4.69) is 38.4 Å². The van der Waals surface area contributed by atoms with Crippen molar-refractivity contribution < 1.29 is 0 Å². The second-order valence-corrected chi connectivity index (χ2v) is 5.22. The minimum absolute atomic E-state index is 0.146. The van der Waals surface area contributed by atoms with E-state index in [9.17, 15) is 0 Å². The van der Waals surface area contributed by atoms with Crippen molar-refractivity contribution in [2.45, 2.75) is 19.9 Å². The normalized spacial score (nSPS) is 12.5. The summed E-state index contributed by atoms with van der Waals surface area (Å²) in [6.45, 7) is 4.04. The molecular formula is C12H13BrClN3. The van der Waals surface area contributed by atoms with Crippen LogP contribution in [0.4, 0.5) is 5.69 Å². The van der Waals surface area contributed by atoms with Crippen molar-refractivity contribution >= 4 is 33.2 Å². The van der Waals surface area contributed by atoms with Crippen molar-refractivity contribution in [1.82, 2.24) is 10.2 Å². The number of benzene rings is 1. The van der Waals surface area contributed by atoms with Gasteiger partial charge in [-0.3, -0.25) is 5.10 Å². The van der Waals surface area contributed by atoms with Crippen LogP contribution in [0.5, 0.6) is 0 Å². The quantitative estimate of drug-likeness (QED) is 0.886. The Hall–Kier alpha value is -1.00.